The Morgan fingerprint density at radius 3 is 2.25 bits per heavy atom. The number of halogens is 1. The molecule has 2 rings (SSSR count). The zero-order valence-corrected chi connectivity index (χ0v) is 21.0. The standard InChI is InChI=1S/C21H23ClN2.C2H5N.C2H4O.C2H6/c1-4-5-6-7-8-9-19-20(12-13-22)24-21(23-19)15-18-11-10-16(2)17(3)14-18;1-3-2;1-2-3;1-2/h4,9-12,14H,1,5,8,13,15H2,2-3H3,(H,23,24);1H2,2H3;2-3H,1H2;1-2H3/b19-9+,20-12+;;;. The molecular formula is C27H38ClN3O. The lowest BCUT2D eigenvalue weighted by Gasteiger charge is -2.03. The number of alkyl halides is 1. The smallest absolute Gasteiger partial charge is 0.111 e. The van der Waals surface area contributed by atoms with Crippen LogP contribution in [0.3, 0.4) is 0 Å². The maximum absolute atomic E-state index is 7.33. The molecule has 5 heteroatoms. The van der Waals surface area contributed by atoms with Crippen LogP contribution in [0.15, 0.2) is 48.7 Å². The van der Waals surface area contributed by atoms with Crippen molar-refractivity contribution in [2.24, 2.45) is 4.99 Å². The number of imidazole rings is 1. The van der Waals surface area contributed by atoms with Crippen LogP contribution in [0.4, 0.5) is 0 Å². The Labute approximate surface area is 199 Å². The van der Waals surface area contributed by atoms with Crippen LogP contribution in [-0.2, 0) is 6.42 Å². The van der Waals surface area contributed by atoms with Crippen molar-refractivity contribution in [2.75, 3.05) is 12.9 Å². The molecule has 0 atom stereocenters. The number of nitrogens with zero attached hydrogens (tertiary/aromatic N) is 2. The highest BCUT2D eigenvalue weighted by Crippen LogP contribution is 2.11. The van der Waals surface area contributed by atoms with E-state index in [0.717, 1.165) is 35.6 Å². The molecule has 1 heterocycles. The second-order valence-electron chi connectivity index (χ2n) is 6.19. The molecule has 0 saturated carbocycles. The van der Waals surface area contributed by atoms with Gasteiger partial charge < -0.3 is 15.1 Å². The molecular weight excluding hydrogens is 418 g/mol. The molecule has 0 aliphatic heterocycles. The third kappa shape index (κ3) is 14.1. The highest BCUT2D eigenvalue weighted by molar-refractivity contribution is 6.20. The van der Waals surface area contributed by atoms with Gasteiger partial charge in [0.15, 0.2) is 0 Å². The van der Waals surface area contributed by atoms with E-state index >= 15 is 0 Å². The first-order valence-electron chi connectivity index (χ1n) is 10.5. The summed E-state index contributed by atoms with van der Waals surface area (Å²) in [5.41, 5.74) is 3.86. The summed E-state index contributed by atoms with van der Waals surface area (Å²) in [5.74, 6) is 7.54. The van der Waals surface area contributed by atoms with Crippen LogP contribution in [0.1, 0.15) is 49.2 Å². The Kier molecular flexibility index (Phi) is 20.7. The molecule has 0 amide bonds. The van der Waals surface area contributed by atoms with Crippen molar-refractivity contribution < 1.29 is 5.11 Å². The summed E-state index contributed by atoms with van der Waals surface area (Å²) in [7, 11) is 1.64. The predicted molar refractivity (Wildman–Crippen MR) is 143 cm³/mol. The number of aliphatic hydroxyl groups excluding tert-OH is 1. The first-order valence-corrected chi connectivity index (χ1v) is 11.0. The largest absolute Gasteiger partial charge is 0.516 e. The van der Waals surface area contributed by atoms with Crippen LogP contribution in [0, 0.1) is 25.7 Å². The van der Waals surface area contributed by atoms with Crippen LogP contribution in [0.5, 0.6) is 0 Å². The van der Waals surface area contributed by atoms with Crippen molar-refractivity contribution in [3.05, 3.63) is 76.9 Å². The van der Waals surface area contributed by atoms with Gasteiger partial charge >= 0.3 is 0 Å². The summed E-state index contributed by atoms with van der Waals surface area (Å²) in [6, 6.07) is 6.52. The van der Waals surface area contributed by atoms with Gasteiger partial charge in [0.25, 0.3) is 0 Å². The van der Waals surface area contributed by atoms with Crippen LogP contribution in [-0.4, -0.2) is 34.7 Å². The Morgan fingerprint density at radius 1 is 1.12 bits per heavy atom. The van der Waals surface area contributed by atoms with E-state index in [-0.39, 0.29) is 0 Å². The van der Waals surface area contributed by atoms with E-state index < -0.39 is 0 Å². The first-order chi connectivity index (χ1) is 15.5. The van der Waals surface area contributed by atoms with Gasteiger partial charge in [-0.3, -0.25) is 0 Å². The van der Waals surface area contributed by atoms with Crippen molar-refractivity contribution >= 4 is 30.5 Å². The summed E-state index contributed by atoms with van der Waals surface area (Å²) < 4.78 is 0. The topological polar surface area (TPSA) is 61.3 Å². The van der Waals surface area contributed by atoms with Gasteiger partial charge in [-0.25, -0.2) is 4.98 Å². The third-order valence-corrected chi connectivity index (χ3v) is 3.96. The quantitative estimate of drug-likeness (QED) is 0.208. The number of rotatable bonds is 5. The number of hydrogen-bond donors (Lipinski definition) is 2. The van der Waals surface area contributed by atoms with Crippen molar-refractivity contribution in [1.82, 2.24) is 9.97 Å². The summed E-state index contributed by atoms with van der Waals surface area (Å²) in [4.78, 5) is 11.3. The highest BCUT2D eigenvalue weighted by Gasteiger charge is 2.02. The molecule has 174 valence electrons. The fourth-order valence-electron chi connectivity index (χ4n) is 2.40. The minimum Gasteiger partial charge on any atom is -0.516 e. The molecule has 0 saturated heterocycles. The Morgan fingerprint density at radius 2 is 1.72 bits per heavy atom. The number of aliphatic hydroxyl groups is 1. The van der Waals surface area contributed by atoms with Gasteiger partial charge in [-0.05, 0) is 49.4 Å². The molecule has 0 unspecified atom stereocenters. The normalized spacial score (nSPS) is 10.1. The lowest BCUT2D eigenvalue weighted by molar-refractivity contribution is 0.476. The molecule has 0 aliphatic rings. The maximum atomic E-state index is 7.33. The lowest BCUT2D eigenvalue weighted by Crippen LogP contribution is -2.24. The highest BCUT2D eigenvalue weighted by atomic mass is 35.5. The molecule has 2 N–H and O–H groups in total. The second kappa shape index (κ2) is 21.2. The molecule has 32 heavy (non-hydrogen) atoms. The van der Waals surface area contributed by atoms with Crippen molar-refractivity contribution in [1.29, 1.82) is 0 Å². The van der Waals surface area contributed by atoms with Gasteiger partial charge in [0.05, 0.1) is 17.0 Å². The van der Waals surface area contributed by atoms with Crippen LogP contribution >= 0.6 is 11.6 Å². The van der Waals surface area contributed by atoms with Gasteiger partial charge in [0.2, 0.25) is 0 Å². The third-order valence-electron chi connectivity index (χ3n) is 3.80. The number of hydrogen-bond acceptors (Lipinski definition) is 3. The number of benzene rings is 1. The zero-order valence-electron chi connectivity index (χ0n) is 20.2. The number of allylic oxidation sites excluding steroid dienone is 1. The van der Waals surface area contributed by atoms with E-state index in [9.17, 15) is 0 Å². The molecule has 0 radical (unpaired) electrons. The fraction of sp³-hybridized carbons (Fsp3) is 0.333. The average Bonchev–Trinajstić information content (AvgIpc) is 3.14. The van der Waals surface area contributed by atoms with E-state index in [4.69, 9.17) is 16.7 Å². The number of H-pyrrole nitrogens is 1. The van der Waals surface area contributed by atoms with Gasteiger partial charge in [0.1, 0.15) is 5.82 Å². The van der Waals surface area contributed by atoms with Crippen LogP contribution < -0.4 is 10.7 Å². The van der Waals surface area contributed by atoms with E-state index in [0.29, 0.717) is 12.3 Å². The predicted octanol–water partition coefficient (Wildman–Crippen LogP) is 5.42. The fourth-order valence-corrected chi connectivity index (χ4v) is 2.54. The van der Waals surface area contributed by atoms with Gasteiger partial charge in [-0.2, -0.15) is 0 Å². The minimum absolute atomic E-state index is 0.441. The summed E-state index contributed by atoms with van der Waals surface area (Å²) >= 11 is 5.86. The number of aromatic amines is 1. The van der Waals surface area contributed by atoms with Gasteiger partial charge in [-0.1, -0.05) is 56.5 Å². The molecule has 1 aromatic carbocycles. The van der Waals surface area contributed by atoms with E-state index in [2.05, 4.69) is 84.8 Å². The SMILES string of the molecule is C=CCC#CC/C=c1/[nH]c(Cc2ccc(C)c(C)c2)n/c1=C/CCl.C=CO.C=NC.CC. The number of nitrogens with one attached hydrogen (secondary N) is 1. The summed E-state index contributed by atoms with van der Waals surface area (Å²) in [6.45, 7) is 17.9. The van der Waals surface area contributed by atoms with E-state index in [1.807, 2.05) is 19.9 Å². The van der Waals surface area contributed by atoms with E-state index in [1.165, 1.54) is 16.7 Å². The molecule has 0 aliphatic carbocycles. The Balaban J connectivity index is 0. The number of aryl methyl sites for hydroxylation is 2. The zero-order chi connectivity index (χ0) is 24.8. The van der Waals surface area contributed by atoms with Crippen molar-refractivity contribution in [3.63, 3.8) is 0 Å². The molecule has 0 fully saturated rings. The van der Waals surface area contributed by atoms with Gasteiger partial charge in [-0.15, -0.1) is 18.2 Å². The monoisotopic (exact) mass is 455 g/mol. The molecule has 0 spiro atoms. The summed E-state index contributed by atoms with van der Waals surface area (Å²) in [6.07, 6.45) is 8.71. The molecule has 1 aromatic heterocycles. The number of aliphatic imine (C=N–C) groups is 1. The maximum Gasteiger partial charge on any atom is 0.111 e. The summed E-state index contributed by atoms with van der Waals surface area (Å²) in [5, 5.41) is 9.22. The van der Waals surface area contributed by atoms with Crippen LogP contribution in [0.25, 0.3) is 12.2 Å². The molecule has 4 nitrogen and oxygen atoms in total. The Bertz CT molecular complexity index is 973. The lowest BCUT2D eigenvalue weighted by atomic mass is 10.0. The van der Waals surface area contributed by atoms with Crippen molar-refractivity contribution in [2.45, 2.75) is 47.0 Å². The van der Waals surface area contributed by atoms with Crippen molar-refractivity contribution in [3.8, 4) is 11.8 Å². The average molecular weight is 456 g/mol. The van der Waals surface area contributed by atoms with E-state index in [1.54, 1.807) is 13.1 Å². The first kappa shape index (κ1) is 31.2. The molecule has 0 bridgehead atoms. The van der Waals surface area contributed by atoms with Gasteiger partial charge in [0, 0.05) is 32.2 Å². The molecule has 2 aromatic rings. The Hall–Kier alpha value is -3.03. The second-order valence-corrected chi connectivity index (χ2v) is 6.50. The number of aromatic nitrogens is 2. The van der Waals surface area contributed by atoms with Crippen LogP contribution in [0.2, 0.25) is 0 Å². The minimum atomic E-state index is 0.441.